The van der Waals surface area contributed by atoms with Crippen molar-refractivity contribution < 1.29 is 14.3 Å². The fourth-order valence-corrected chi connectivity index (χ4v) is 2.67. The molecule has 0 atom stereocenters. The third-order valence-electron chi connectivity index (χ3n) is 3.65. The van der Waals surface area contributed by atoms with Crippen molar-refractivity contribution in [3.8, 4) is 5.75 Å². The van der Waals surface area contributed by atoms with Crippen molar-refractivity contribution in [2.24, 2.45) is 0 Å². The topological polar surface area (TPSA) is 35.5 Å². The summed E-state index contributed by atoms with van der Waals surface area (Å²) in [5.41, 5.74) is 2.73. The molecule has 0 aliphatic carbocycles. The van der Waals surface area contributed by atoms with Crippen molar-refractivity contribution in [2.75, 3.05) is 6.61 Å². The second-order valence-corrected chi connectivity index (χ2v) is 6.66. The van der Waals surface area contributed by atoms with E-state index >= 15 is 0 Å². The summed E-state index contributed by atoms with van der Waals surface area (Å²) in [5, 5.41) is 0.871. The van der Waals surface area contributed by atoms with E-state index in [1.54, 1.807) is 20.8 Å². The minimum Gasteiger partial charge on any atom is -0.476 e. The molecule has 128 valence electrons. The van der Waals surface area contributed by atoms with Crippen molar-refractivity contribution >= 4 is 21.9 Å². The molecule has 4 heteroatoms. The van der Waals surface area contributed by atoms with Crippen molar-refractivity contribution in [1.29, 1.82) is 0 Å². The van der Waals surface area contributed by atoms with Crippen LogP contribution in [0.4, 0.5) is 0 Å². The minimum absolute atomic E-state index is 0.346. The van der Waals surface area contributed by atoms with Crippen LogP contribution in [0, 0.1) is 0 Å². The van der Waals surface area contributed by atoms with E-state index in [1.807, 2.05) is 24.3 Å². The molecule has 0 aliphatic rings. The van der Waals surface area contributed by atoms with Crippen LogP contribution in [0.15, 0.2) is 48.5 Å². The first-order chi connectivity index (χ1) is 11.4. The van der Waals surface area contributed by atoms with Gasteiger partial charge in [-0.05, 0) is 56.0 Å². The Hall–Kier alpha value is -1.81. The number of esters is 1. The van der Waals surface area contributed by atoms with Gasteiger partial charge in [-0.1, -0.05) is 52.3 Å². The zero-order valence-corrected chi connectivity index (χ0v) is 15.9. The van der Waals surface area contributed by atoms with Crippen LogP contribution in [0.1, 0.15) is 37.5 Å². The summed E-state index contributed by atoms with van der Waals surface area (Å²) < 4.78 is 10.8. The zero-order valence-electron chi connectivity index (χ0n) is 14.3. The molecule has 0 N–H and O–H groups in total. The maximum Gasteiger partial charge on any atom is 0.349 e. The Morgan fingerprint density at radius 2 is 1.46 bits per heavy atom. The fraction of sp³-hybridized carbons (Fsp3) is 0.350. The largest absolute Gasteiger partial charge is 0.476 e. The number of rotatable bonds is 7. The molecule has 0 aliphatic heterocycles. The summed E-state index contributed by atoms with van der Waals surface area (Å²) in [6.45, 7) is 5.56. The number of benzene rings is 2. The highest BCUT2D eigenvalue weighted by Crippen LogP contribution is 2.21. The van der Waals surface area contributed by atoms with Crippen LogP contribution in [0.25, 0.3) is 0 Å². The van der Waals surface area contributed by atoms with Gasteiger partial charge < -0.3 is 9.47 Å². The van der Waals surface area contributed by atoms with Crippen LogP contribution in [-0.4, -0.2) is 18.2 Å². The number of hydrogen-bond donors (Lipinski definition) is 0. The van der Waals surface area contributed by atoms with Gasteiger partial charge in [0.15, 0.2) is 5.60 Å². The number of hydrogen-bond acceptors (Lipinski definition) is 3. The Bertz CT molecular complexity index is 660. The summed E-state index contributed by atoms with van der Waals surface area (Å²) in [5.74, 6) is 0.299. The van der Waals surface area contributed by atoms with Gasteiger partial charge in [-0.2, -0.15) is 0 Å². The molecular formula is C20H23BrO3. The molecule has 2 aromatic rings. The Morgan fingerprint density at radius 1 is 0.958 bits per heavy atom. The van der Waals surface area contributed by atoms with Crippen LogP contribution in [0.2, 0.25) is 0 Å². The van der Waals surface area contributed by atoms with Crippen molar-refractivity contribution in [1.82, 2.24) is 0 Å². The van der Waals surface area contributed by atoms with E-state index in [1.165, 1.54) is 16.7 Å². The third kappa shape index (κ3) is 5.10. The van der Waals surface area contributed by atoms with E-state index in [9.17, 15) is 4.79 Å². The summed E-state index contributed by atoms with van der Waals surface area (Å²) in [6, 6.07) is 16.4. The van der Waals surface area contributed by atoms with Crippen molar-refractivity contribution in [2.45, 2.75) is 38.1 Å². The van der Waals surface area contributed by atoms with Gasteiger partial charge in [-0.25, -0.2) is 4.79 Å². The smallest absolute Gasteiger partial charge is 0.349 e. The van der Waals surface area contributed by atoms with Crippen LogP contribution in [-0.2, 0) is 21.3 Å². The number of carbonyl (C=O) groups is 1. The van der Waals surface area contributed by atoms with Crippen molar-refractivity contribution in [3.05, 3.63) is 65.2 Å². The molecule has 0 unspecified atom stereocenters. The Labute approximate surface area is 152 Å². The lowest BCUT2D eigenvalue weighted by atomic mass is 10.0. The summed E-state index contributed by atoms with van der Waals surface area (Å²) in [7, 11) is 0. The van der Waals surface area contributed by atoms with Crippen LogP contribution in [0.3, 0.4) is 0 Å². The quantitative estimate of drug-likeness (QED) is 0.498. The molecule has 0 amide bonds. The lowest BCUT2D eigenvalue weighted by Gasteiger charge is -2.24. The number of alkyl halides is 1. The van der Waals surface area contributed by atoms with Crippen LogP contribution in [0.5, 0.6) is 5.75 Å². The lowest BCUT2D eigenvalue weighted by molar-refractivity contribution is -0.158. The minimum atomic E-state index is -0.997. The van der Waals surface area contributed by atoms with Gasteiger partial charge in [-0.15, -0.1) is 0 Å². The molecule has 2 rings (SSSR count). The molecule has 0 spiro atoms. The zero-order chi connectivity index (χ0) is 17.6. The maximum absolute atomic E-state index is 11.9. The van der Waals surface area contributed by atoms with E-state index in [4.69, 9.17) is 9.47 Å². The van der Waals surface area contributed by atoms with Gasteiger partial charge >= 0.3 is 5.97 Å². The molecule has 2 aromatic carbocycles. The standard InChI is InChI=1S/C20H23BrO3/c1-4-23-19(22)20(2,3)24-18-11-9-16(10-12-18)13-15-5-7-17(14-21)8-6-15/h5-12H,4,13-14H2,1-3H3. The van der Waals surface area contributed by atoms with Gasteiger partial charge in [0.2, 0.25) is 0 Å². The molecule has 0 bridgehead atoms. The van der Waals surface area contributed by atoms with E-state index < -0.39 is 5.60 Å². The van der Waals surface area contributed by atoms with Crippen LogP contribution < -0.4 is 4.74 Å². The number of carbonyl (C=O) groups excluding carboxylic acids is 1. The highest BCUT2D eigenvalue weighted by atomic mass is 79.9. The third-order valence-corrected chi connectivity index (χ3v) is 4.30. The van der Waals surface area contributed by atoms with E-state index in [0.29, 0.717) is 12.4 Å². The summed E-state index contributed by atoms with van der Waals surface area (Å²) >= 11 is 3.45. The molecule has 3 nitrogen and oxygen atoms in total. The summed E-state index contributed by atoms with van der Waals surface area (Å²) in [4.78, 5) is 11.9. The molecule has 0 radical (unpaired) electrons. The highest BCUT2D eigenvalue weighted by molar-refractivity contribution is 9.08. The Kier molecular flexibility index (Phi) is 6.44. The first-order valence-corrected chi connectivity index (χ1v) is 9.15. The highest BCUT2D eigenvalue weighted by Gasteiger charge is 2.31. The molecule has 0 saturated carbocycles. The second kappa shape index (κ2) is 8.34. The normalized spacial score (nSPS) is 11.2. The predicted molar refractivity (Wildman–Crippen MR) is 99.7 cm³/mol. The second-order valence-electron chi connectivity index (χ2n) is 6.10. The average molecular weight is 391 g/mol. The van der Waals surface area contributed by atoms with Gasteiger partial charge in [0.1, 0.15) is 5.75 Å². The number of ether oxygens (including phenoxy) is 2. The Balaban J connectivity index is 2.00. The van der Waals surface area contributed by atoms with Crippen LogP contribution >= 0.6 is 15.9 Å². The maximum atomic E-state index is 11.9. The van der Waals surface area contributed by atoms with Gasteiger partial charge in [0.05, 0.1) is 6.61 Å². The molecule has 0 aromatic heterocycles. The summed E-state index contributed by atoms with van der Waals surface area (Å²) in [6.07, 6.45) is 0.865. The molecular weight excluding hydrogens is 368 g/mol. The first-order valence-electron chi connectivity index (χ1n) is 8.03. The molecule has 0 fully saturated rings. The van der Waals surface area contributed by atoms with Gasteiger partial charge in [0, 0.05) is 5.33 Å². The van der Waals surface area contributed by atoms with E-state index in [-0.39, 0.29) is 5.97 Å². The molecule has 24 heavy (non-hydrogen) atoms. The molecule has 0 heterocycles. The van der Waals surface area contributed by atoms with E-state index in [2.05, 4.69) is 40.2 Å². The SMILES string of the molecule is CCOC(=O)C(C)(C)Oc1ccc(Cc2ccc(CBr)cc2)cc1. The monoisotopic (exact) mass is 390 g/mol. The van der Waals surface area contributed by atoms with Gasteiger partial charge in [0.25, 0.3) is 0 Å². The lowest BCUT2D eigenvalue weighted by Crippen LogP contribution is -2.39. The first kappa shape index (κ1) is 18.5. The average Bonchev–Trinajstić information content (AvgIpc) is 2.57. The van der Waals surface area contributed by atoms with Crippen molar-refractivity contribution in [3.63, 3.8) is 0 Å². The fourth-order valence-electron chi connectivity index (χ4n) is 2.30. The Morgan fingerprint density at radius 3 is 1.96 bits per heavy atom. The predicted octanol–water partition coefficient (Wildman–Crippen LogP) is 4.89. The number of halogens is 1. The van der Waals surface area contributed by atoms with E-state index in [0.717, 1.165) is 11.8 Å². The molecule has 0 saturated heterocycles. The van der Waals surface area contributed by atoms with Gasteiger partial charge in [-0.3, -0.25) is 0 Å².